The molecule has 8 heavy (non-hydrogen) atoms. The van der Waals surface area contributed by atoms with Crippen molar-refractivity contribution >= 4 is 0 Å². The fourth-order valence-corrected chi connectivity index (χ4v) is 0.508. The van der Waals surface area contributed by atoms with Gasteiger partial charge in [-0.25, -0.2) is 0 Å². The predicted octanol–water partition coefficient (Wildman–Crippen LogP) is 1.80. The topological polar surface area (TPSA) is 14.1 Å². The highest BCUT2D eigenvalue weighted by atomic mass is 14.9. The quantitative estimate of drug-likeness (QED) is 0.495. The van der Waals surface area contributed by atoms with Gasteiger partial charge in [0.2, 0.25) is 0 Å². The third kappa shape index (κ3) is 5.96. The molecule has 0 spiro atoms. The zero-order valence-corrected chi connectivity index (χ0v) is 6.15. The maximum absolute atomic E-state index is 4.31. The summed E-state index contributed by atoms with van der Waals surface area (Å²) < 4.78 is 0. The van der Waals surface area contributed by atoms with Crippen molar-refractivity contribution in [1.82, 2.24) is 5.32 Å². The van der Waals surface area contributed by atoms with Crippen LogP contribution in [0.1, 0.15) is 33.6 Å². The largest absolute Gasteiger partial charge is 0.187 e. The van der Waals surface area contributed by atoms with E-state index in [2.05, 4.69) is 26.1 Å². The molecule has 2 radical (unpaired) electrons. The highest BCUT2D eigenvalue weighted by molar-refractivity contribution is 4.49. The van der Waals surface area contributed by atoms with Crippen LogP contribution < -0.4 is 5.32 Å². The SMILES string of the molecule is CCCC[N+]C(C)C. The Morgan fingerprint density at radius 3 is 2.38 bits per heavy atom. The first-order valence-corrected chi connectivity index (χ1v) is 3.44. The summed E-state index contributed by atoms with van der Waals surface area (Å²) in [6, 6.07) is 0.529. The number of hydrogen-bond acceptors (Lipinski definition) is 0. The fourth-order valence-electron chi connectivity index (χ4n) is 0.508. The molecular weight excluding hydrogens is 98.1 g/mol. The molecule has 0 saturated carbocycles. The second-order valence-electron chi connectivity index (χ2n) is 2.35. The van der Waals surface area contributed by atoms with Gasteiger partial charge in [-0.2, -0.15) is 0 Å². The number of nitrogens with zero attached hydrogens (tertiary/aromatic N) is 1. The van der Waals surface area contributed by atoms with Crippen LogP contribution in [0.2, 0.25) is 0 Å². The zero-order valence-electron chi connectivity index (χ0n) is 6.15. The lowest BCUT2D eigenvalue weighted by molar-refractivity contribution is 0.554. The Hall–Kier alpha value is -0.0400. The molecule has 0 aliphatic carbocycles. The first-order chi connectivity index (χ1) is 3.77. The normalized spacial score (nSPS) is 10.5. The lowest BCUT2D eigenvalue weighted by atomic mass is 10.3. The van der Waals surface area contributed by atoms with E-state index >= 15 is 0 Å². The van der Waals surface area contributed by atoms with Crippen molar-refractivity contribution in [3.8, 4) is 0 Å². The van der Waals surface area contributed by atoms with Crippen molar-refractivity contribution in [3.63, 3.8) is 0 Å². The summed E-state index contributed by atoms with van der Waals surface area (Å²) in [5, 5.41) is 4.31. The Morgan fingerprint density at radius 2 is 2.00 bits per heavy atom. The van der Waals surface area contributed by atoms with Crippen LogP contribution in [-0.4, -0.2) is 12.6 Å². The summed E-state index contributed by atoms with van der Waals surface area (Å²) in [5.41, 5.74) is 0. The van der Waals surface area contributed by atoms with Gasteiger partial charge in [-0.15, -0.1) is 0 Å². The molecule has 0 saturated heterocycles. The first kappa shape index (κ1) is 7.96. The Bertz CT molecular complexity index is 41.7. The predicted molar refractivity (Wildman–Crippen MR) is 37.0 cm³/mol. The minimum absolute atomic E-state index is 0.529. The maximum atomic E-state index is 4.31. The van der Waals surface area contributed by atoms with E-state index in [1.807, 2.05) is 0 Å². The van der Waals surface area contributed by atoms with Gasteiger partial charge in [0.15, 0.2) is 12.6 Å². The molecule has 0 N–H and O–H groups in total. The van der Waals surface area contributed by atoms with Crippen molar-refractivity contribution in [2.24, 2.45) is 0 Å². The van der Waals surface area contributed by atoms with Gasteiger partial charge >= 0.3 is 0 Å². The average molecular weight is 114 g/mol. The molecule has 0 heterocycles. The van der Waals surface area contributed by atoms with Crippen molar-refractivity contribution in [2.45, 2.75) is 39.7 Å². The van der Waals surface area contributed by atoms with E-state index in [0.717, 1.165) is 6.54 Å². The van der Waals surface area contributed by atoms with E-state index in [-0.39, 0.29) is 0 Å². The van der Waals surface area contributed by atoms with Crippen LogP contribution in [0.5, 0.6) is 0 Å². The Balaban J connectivity index is 2.72. The minimum Gasteiger partial charge on any atom is -0.0652 e. The Kier molecular flexibility index (Phi) is 5.08. The lowest BCUT2D eigenvalue weighted by Crippen LogP contribution is -2.15. The van der Waals surface area contributed by atoms with E-state index in [0.29, 0.717) is 6.04 Å². The Morgan fingerprint density at radius 1 is 1.38 bits per heavy atom. The van der Waals surface area contributed by atoms with E-state index in [9.17, 15) is 0 Å². The van der Waals surface area contributed by atoms with Crippen LogP contribution in [-0.2, 0) is 0 Å². The molecule has 0 unspecified atom stereocenters. The molecule has 1 nitrogen and oxygen atoms in total. The molecule has 0 amide bonds. The molecule has 0 aromatic carbocycles. The number of rotatable bonds is 4. The lowest BCUT2D eigenvalue weighted by Gasteiger charge is -1.86. The van der Waals surface area contributed by atoms with Crippen molar-refractivity contribution < 1.29 is 0 Å². The molecule has 0 bridgehead atoms. The first-order valence-electron chi connectivity index (χ1n) is 3.44. The minimum atomic E-state index is 0.529. The van der Waals surface area contributed by atoms with E-state index in [1.54, 1.807) is 0 Å². The van der Waals surface area contributed by atoms with Crippen molar-refractivity contribution in [3.05, 3.63) is 0 Å². The summed E-state index contributed by atoms with van der Waals surface area (Å²) in [4.78, 5) is 0. The molecule has 0 atom stereocenters. The molecule has 1 heteroatoms. The molecule has 0 rings (SSSR count). The smallest absolute Gasteiger partial charge is 0.0652 e. The van der Waals surface area contributed by atoms with Gasteiger partial charge in [-0.3, -0.25) is 0 Å². The number of unbranched alkanes of at least 4 members (excludes halogenated alkanes) is 1. The molecule has 0 aliphatic rings. The highest BCUT2D eigenvalue weighted by Crippen LogP contribution is 1.86. The van der Waals surface area contributed by atoms with Gasteiger partial charge in [-0.05, 0) is 13.8 Å². The second kappa shape index (κ2) is 5.10. The Labute approximate surface area is 52.5 Å². The second-order valence-corrected chi connectivity index (χ2v) is 2.35. The van der Waals surface area contributed by atoms with Crippen LogP contribution in [0.4, 0.5) is 0 Å². The third-order valence-electron chi connectivity index (χ3n) is 1.01. The van der Waals surface area contributed by atoms with Gasteiger partial charge in [0.25, 0.3) is 0 Å². The summed E-state index contributed by atoms with van der Waals surface area (Å²) >= 11 is 0. The maximum Gasteiger partial charge on any atom is 0.187 e. The van der Waals surface area contributed by atoms with Gasteiger partial charge in [0.1, 0.15) is 0 Å². The van der Waals surface area contributed by atoms with Crippen molar-refractivity contribution in [1.29, 1.82) is 0 Å². The van der Waals surface area contributed by atoms with Gasteiger partial charge in [-0.1, -0.05) is 13.3 Å². The summed E-state index contributed by atoms with van der Waals surface area (Å²) in [5.74, 6) is 0. The standard InChI is InChI=1S/C7H16N/c1-4-5-6-8-7(2)3/h7H,4-6H2,1-3H3/q+1. The monoisotopic (exact) mass is 114 g/mol. The zero-order chi connectivity index (χ0) is 6.41. The van der Waals surface area contributed by atoms with Crippen LogP contribution in [0, 0.1) is 0 Å². The van der Waals surface area contributed by atoms with E-state index < -0.39 is 0 Å². The van der Waals surface area contributed by atoms with Crippen LogP contribution >= 0.6 is 0 Å². The van der Waals surface area contributed by atoms with E-state index in [4.69, 9.17) is 0 Å². The van der Waals surface area contributed by atoms with Crippen LogP contribution in [0.3, 0.4) is 0 Å². The molecule has 0 fully saturated rings. The van der Waals surface area contributed by atoms with Gasteiger partial charge in [0.05, 0.1) is 5.32 Å². The van der Waals surface area contributed by atoms with Crippen LogP contribution in [0.25, 0.3) is 0 Å². The third-order valence-corrected chi connectivity index (χ3v) is 1.01. The molecule has 0 aliphatic heterocycles. The average Bonchev–Trinajstić information content (AvgIpc) is 1.66. The molecule has 0 aromatic rings. The summed E-state index contributed by atoms with van der Waals surface area (Å²) in [7, 11) is 0. The van der Waals surface area contributed by atoms with Crippen molar-refractivity contribution in [2.75, 3.05) is 6.54 Å². The molecule has 48 valence electrons. The van der Waals surface area contributed by atoms with E-state index in [1.165, 1.54) is 12.8 Å². The number of hydrogen-bond donors (Lipinski definition) is 0. The molecule has 0 aromatic heterocycles. The summed E-state index contributed by atoms with van der Waals surface area (Å²) in [6.07, 6.45) is 2.51. The fraction of sp³-hybridized carbons (Fsp3) is 1.00. The van der Waals surface area contributed by atoms with Gasteiger partial charge < -0.3 is 0 Å². The summed E-state index contributed by atoms with van der Waals surface area (Å²) in [6.45, 7) is 7.48. The van der Waals surface area contributed by atoms with Gasteiger partial charge in [0, 0.05) is 6.42 Å². The van der Waals surface area contributed by atoms with Crippen LogP contribution in [0.15, 0.2) is 0 Å². The molecular formula is C7H16N+. The highest BCUT2D eigenvalue weighted by Gasteiger charge is 2.05.